The standard InChI is InChI=1S/C19H25BrF3N5O/c1-6-27-11(3)14(10(2)24-27)9-26(5)18(29)12(4)28-16(13-7-8-13)15(20)17(25-28)19(21,22)23/h12-13H,6-9H2,1-5H3. The minimum atomic E-state index is -4.58. The van der Waals surface area contributed by atoms with Gasteiger partial charge in [0.25, 0.3) is 0 Å². The number of nitrogens with zero attached hydrogens (tertiary/aromatic N) is 5. The maximum absolute atomic E-state index is 13.4. The summed E-state index contributed by atoms with van der Waals surface area (Å²) in [7, 11) is 1.65. The van der Waals surface area contributed by atoms with Crippen LogP contribution in [0.3, 0.4) is 0 Å². The fourth-order valence-corrected chi connectivity index (χ4v) is 4.45. The quantitative estimate of drug-likeness (QED) is 0.613. The predicted octanol–water partition coefficient (Wildman–Crippen LogP) is 4.59. The molecule has 10 heteroatoms. The summed E-state index contributed by atoms with van der Waals surface area (Å²) in [5, 5.41) is 8.25. The Labute approximate surface area is 176 Å². The van der Waals surface area contributed by atoms with E-state index in [9.17, 15) is 18.0 Å². The lowest BCUT2D eigenvalue weighted by molar-refractivity contribution is -0.143. The number of carbonyl (C=O) groups excluding carboxylic acids is 1. The Morgan fingerprint density at radius 2 is 1.93 bits per heavy atom. The molecule has 1 unspecified atom stereocenters. The predicted molar refractivity (Wildman–Crippen MR) is 105 cm³/mol. The first-order valence-corrected chi connectivity index (χ1v) is 10.4. The molecular weight excluding hydrogens is 451 g/mol. The number of alkyl halides is 3. The number of carbonyl (C=O) groups is 1. The van der Waals surface area contributed by atoms with E-state index in [2.05, 4.69) is 26.1 Å². The van der Waals surface area contributed by atoms with Gasteiger partial charge in [-0.2, -0.15) is 23.4 Å². The molecular formula is C19H25BrF3N5O. The lowest BCUT2D eigenvalue weighted by atomic mass is 10.1. The Hall–Kier alpha value is -1.84. The van der Waals surface area contributed by atoms with Gasteiger partial charge in [0.05, 0.1) is 15.9 Å². The molecule has 1 amide bonds. The zero-order chi connectivity index (χ0) is 21.7. The van der Waals surface area contributed by atoms with E-state index in [4.69, 9.17) is 0 Å². The van der Waals surface area contributed by atoms with Gasteiger partial charge in [-0.05, 0) is 56.5 Å². The van der Waals surface area contributed by atoms with Crippen LogP contribution in [0, 0.1) is 13.8 Å². The molecule has 0 aliphatic heterocycles. The molecule has 2 aromatic heterocycles. The first-order chi connectivity index (χ1) is 13.5. The van der Waals surface area contributed by atoms with Crippen LogP contribution in [0.5, 0.6) is 0 Å². The molecule has 1 atom stereocenters. The van der Waals surface area contributed by atoms with Crippen molar-refractivity contribution in [3.63, 3.8) is 0 Å². The van der Waals surface area contributed by atoms with Crippen LogP contribution in [0.2, 0.25) is 0 Å². The van der Waals surface area contributed by atoms with Crippen molar-refractivity contribution in [2.45, 2.75) is 71.8 Å². The number of hydrogen-bond acceptors (Lipinski definition) is 3. The fourth-order valence-electron chi connectivity index (χ4n) is 3.64. The average molecular weight is 476 g/mol. The number of amides is 1. The molecule has 0 bridgehead atoms. The highest BCUT2D eigenvalue weighted by atomic mass is 79.9. The molecule has 0 saturated heterocycles. The molecule has 160 valence electrons. The Morgan fingerprint density at radius 3 is 2.41 bits per heavy atom. The third-order valence-electron chi connectivity index (χ3n) is 5.45. The van der Waals surface area contributed by atoms with Crippen LogP contribution in [0.15, 0.2) is 4.47 Å². The van der Waals surface area contributed by atoms with Crippen LogP contribution in [0.1, 0.15) is 67.0 Å². The number of likely N-dealkylation sites (N-methyl/N-ethyl adjacent to an activating group) is 1. The van der Waals surface area contributed by atoms with Crippen molar-refractivity contribution < 1.29 is 18.0 Å². The molecule has 1 fully saturated rings. The summed E-state index contributed by atoms with van der Waals surface area (Å²) in [5.41, 5.74) is 2.26. The monoisotopic (exact) mass is 475 g/mol. The van der Waals surface area contributed by atoms with Crippen LogP contribution in [0.25, 0.3) is 0 Å². The largest absolute Gasteiger partial charge is 0.436 e. The van der Waals surface area contributed by atoms with Crippen molar-refractivity contribution in [2.24, 2.45) is 0 Å². The zero-order valence-corrected chi connectivity index (χ0v) is 18.7. The Bertz CT molecular complexity index is 929. The maximum atomic E-state index is 13.4. The zero-order valence-electron chi connectivity index (χ0n) is 17.1. The normalized spacial score (nSPS) is 15.6. The lowest BCUT2D eigenvalue weighted by Gasteiger charge is -2.23. The van der Waals surface area contributed by atoms with E-state index >= 15 is 0 Å². The van der Waals surface area contributed by atoms with Crippen LogP contribution in [-0.2, 0) is 24.1 Å². The van der Waals surface area contributed by atoms with E-state index < -0.39 is 17.9 Å². The molecule has 1 aliphatic carbocycles. The van der Waals surface area contributed by atoms with Gasteiger partial charge in [0.2, 0.25) is 5.91 Å². The van der Waals surface area contributed by atoms with Crippen LogP contribution >= 0.6 is 15.9 Å². The second kappa shape index (κ2) is 7.77. The van der Waals surface area contributed by atoms with Gasteiger partial charge >= 0.3 is 6.18 Å². The van der Waals surface area contributed by atoms with Gasteiger partial charge in [-0.1, -0.05) is 0 Å². The minimum absolute atomic E-state index is 0.000746. The Balaban J connectivity index is 1.88. The Morgan fingerprint density at radius 1 is 1.31 bits per heavy atom. The summed E-state index contributed by atoms with van der Waals surface area (Å²) in [4.78, 5) is 14.6. The molecule has 0 spiro atoms. The van der Waals surface area contributed by atoms with Crippen LogP contribution in [0.4, 0.5) is 13.2 Å². The fraction of sp³-hybridized carbons (Fsp3) is 0.632. The highest BCUT2D eigenvalue weighted by Crippen LogP contribution is 2.47. The molecule has 3 rings (SSSR count). The number of aromatic nitrogens is 4. The molecule has 1 aliphatic rings. The highest BCUT2D eigenvalue weighted by molar-refractivity contribution is 9.10. The SMILES string of the molecule is CCn1nc(C)c(CN(C)C(=O)C(C)n2nc(C(F)(F)F)c(Br)c2C2CC2)c1C. The molecule has 2 aromatic rings. The molecule has 0 aromatic carbocycles. The minimum Gasteiger partial charge on any atom is -0.339 e. The smallest absolute Gasteiger partial charge is 0.339 e. The summed E-state index contributed by atoms with van der Waals surface area (Å²) in [5.74, 6) is -0.292. The summed E-state index contributed by atoms with van der Waals surface area (Å²) < 4.78 is 43.1. The molecule has 0 N–H and O–H groups in total. The summed E-state index contributed by atoms with van der Waals surface area (Å²) >= 11 is 3.08. The van der Waals surface area contributed by atoms with Crippen LogP contribution < -0.4 is 0 Å². The molecule has 29 heavy (non-hydrogen) atoms. The van der Waals surface area contributed by atoms with E-state index in [1.807, 2.05) is 25.5 Å². The Kier molecular flexibility index (Phi) is 5.86. The van der Waals surface area contributed by atoms with E-state index in [1.54, 1.807) is 14.0 Å². The summed E-state index contributed by atoms with van der Waals surface area (Å²) in [6, 6.07) is -0.843. The van der Waals surface area contributed by atoms with E-state index in [0.717, 1.165) is 36.3 Å². The summed E-state index contributed by atoms with van der Waals surface area (Å²) in [6.45, 7) is 8.50. The van der Waals surface area contributed by atoms with Gasteiger partial charge in [-0.3, -0.25) is 14.2 Å². The highest BCUT2D eigenvalue weighted by Gasteiger charge is 2.43. The molecule has 2 heterocycles. The van der Waals surface area contributed by atoms with Gasteiger partial charge in [0.15, 0.2) is 5.69 Å². The summed E-state index contributed by atoms with van der Waals surface area (Å²) in [6.07, 6.45) is -2.98. The van der Waals surface area contributed by atoms with Gasteiger partial charge in [-0.15, -0.1) is 0 Å². The molecule has 1 saturated carbocycles. The van der Waals surface area contributed by atoms with Crippen molar-refractivity contribution >= 4 is 21.8 Å². The third kappa shape index (κ3) is 4.08. The number of rotatable bonds is 6. The van der Waals surface area contributed by atoms with Crippen molar-refractivity contribution in [3.05, 3.63) is 32.8 Å². The van der Waals surface area contributed by atoms with Crippen molar-refractivity contribution in [1.82, 2.24) is 24.5 Å². The third-order valence-corrected chi connectivity index (χ3v) is 6.23. The average Bonchev–Trinajstić information content (AvgIpc) is 3.37. The van der Waals surface area contributed by atoms with E-state index in [0.29, 0.717) is 12.2 Å². The number of halogens is 4. The van der Waals surface area contributed by atoms with E-state index in [1.165, 1.54) is 9.58 Å². The second-order valence-electron chi connectivity index (χ2n) is 7.60. The van der Waals surface area contributed by atoms with Crippen molar-refractivity contribution in [1.29, 1.82) is 0 Å². The second-order valence-corrected chi connectivity index (χ2v) is 8.39. The van der Waals surface area contributed by atoms with Crippen molar-refractivity contribution in [3.8, 4) is 0 Å². The number of hydrogen-bond donors (Lipinski definition) is 0. The molecule has 0 radical (unpaired) electrons. The molecule has 6 nitrogen and oxygen atoms in total. The van der Waals surface area contributed by atoms with E-state index in [-0.39, 0.29) is 16.3 Å². The van der Waals surface area contributed by atoms with Crippen molar-refractivity contribution in [2.75, 3.05) is 7.05 Å². The van der Waals surface area contributed by atoms with Crippen LogP contribution in [-0.4, -0.2) is 37.4 Å². The van der Waals surface area contributed by atoms with Gasteiger partial charge in [0.1, 0.15) is 6.04 Å². The van der Waals surface area contributed by atoms with Gasteiger partial charge < -0.3 is 4.90 Å². The first-order valence-electron chi connectivity index (χ1n) is 9.60. The number of aryl methyl sites for hydroxylation is 2. The maximum Gasteiger partial charge on any atom is 0.436 e. The first kappa shape index (κ1) is 21.9. The van der Waals surface area contributed by atoms with Gasteiger partial charge in [-0.25, -0.2) is 0 Å². The topological polar surface area (TPSA) is 56.0 Å². The lowest BCUT2D eigenvalue weighted by Crippen LogP contribution is -2.34. The van der Waals surface area contributed by atoms with Gasteiger partial charge in [0, 0.05) is 37.3 Å².